The van der Waals surface area contributed by atoms with Gasteiger partial charge >= 0.3 is 0 Å². The zero-order valence-corrected chi connectivity index (χ0v) is 31.2. The smallest absolute Gasteiger partial charge is 0.0238 e. The average molecular weight is 631 g/mol. The van der Waals surface area contributed by atoms with Crippen molar-refractivity contribution in [1.29, 1.82) is 0 Å². The molecular weight excluding hydrogens is 553 g/mol. The fourth-order valence-electron chi connectivity index (χ4n) is 7.08. The van der Waals surface area contributed by atoms with Gasteiger partial charge in [-0.15, -0.1) is 0 Å². The highest BCUT2D eigenvalue weighted by Crippen LogP contribution is 2.17. The second kappa shape index (κ2) is 30.8. The predicted octanol–water partition coefficient (Wildman–Crippen LogP) is 15.5. The van der Waals surface area contributed by atoms with Crippen LogP contribution in [0.3, 0.4) is 0 Å². The van der Waals surface area contributed by atoms with Crippen LogP contribution in [0.4, 0.5) is 0 Å². The SMILES string of the molecule is CCCCCCCCCCCCCCCCc1ccc(CCc2ccc(CCCCCCCCCCCCCCCC)cc2)cc1. The van der Waals surface area contributed by atoms with Gasteiger partial charge in [0.1, 0.15) is 0 Å². The van der Waals surface area contributed by atoms with Crippen LogP contribution in [0.2, 0.25) is 0 Å². The first-order valence-corrected chi connectivity index (χ1v) is 21.0. The van der Waals surface area contributed by atoms with Crippen molar-refractivity contribution in [2.24, 2.45) is 0 Å². The van der Waals surface area contributed by atoms with Crippen LogP contribution >= 0.6 is 0 Å². The molecule has 2 aromatic rings. The van der Waals surface area contributed by atoms with E-state index in [0.29, 0.717) is 0 Å². The molecule has 0 aliphatic heterocycles. The summed E-state index contributed by atoms with van der Waals surface area (Å²) in [6.07, 6.45) is 45.0. The number of rotatable bonds is 33. The van der Waals surface area contributed by atoms with E-state index in [1.165, 1.54) is 215 Å². The Balaban J connectivity index is 1.40. The van der Waals surface area contributed by atoms with Gasteiger partial charge in [0.25, 0.3) is 0 Å². The molecule has 0 aliphatic rings. The van der Waals surface area contributed by atoms with Crippen LogP contribution in [-0.2, 0) is 25.7 Å². The number of aryl methyl sites for hydroxylation is 4. The molecule has 0 heterocycles. The fraction of sp³-hybridized carbons (Fsp3) is 0.739. The summed E-state index contributed by atoms with van der Waals surface area (Å²) in [7, 11) is 0. The summed E-state index contributed by atoms with van der Waals surface area (Å²) < 4.78 is 0. The van der Waals surface area contributed by atoms with Crippen LogP contribution in [0.15, 0.2) is 48.5 Å². The molecule has 0 fully saturated rings. The molecule has 0 amide bonds. The lowest BCUT2D eigenvalue weighted by atomic mass is 9.99. The predicted molar refractivity (Wildman–Crippen MR) is 208 cm³/mol. The molecule has 262 valence electrons. The minimum absolute atomic E-state index is 1.15. The third-order valence-corrected chi connectivity index (χ3v) is 10.4. The molecule has 0 nitrogen and oxygen atoms in total. The Kier molecular flexibility index (Phi) is 27.2. The number of hydrogen-bond donors (Lipinski definition) is 0. The Morgan fingerprint density at radius 2 is 0.391 bits per heavy atom. The Bertz CT molecular complexity index is 800. The molecule has 0 aromatic heterocycles. The summed E-state index contributed by atoms with van der Waals surface area (Å²) in [6.45, 7) is 4.61. The van der Waals surface area contributed by atoms with Gasteiger partial charge in [-0.25, -0.2) is 0 Å². The first-order chi connectivity index (χ1) is 22.8. The highest BCUT2D eigenvalue weighted by molar-refractivity contribution is 5.26. The molecule has 0 saturated heterocycles. The van der Waals surface area contributed by atoms with Crippen LogP contribution in [-0.4, -0.2) is 0 Å². The van der Waals surface area contributed by atoms with Crippen LogP contribution in [0.1, 0.15) is 216 Å². The quantitative estimate of drug-likeness (QED) is 0.0688. The zero-order valence-electron chi connectivity index (χ0n) is 31.2. The average Bonchev–Trinajstić information content (AvgIpc) is 3.08. The van der Waals surface area contributed by atoms with Gasteiger partial charge in [0.2, 0.25) is 0 Å². The maximum absolute atomic E-state index is 2.39. The first-order valence-electron chi connectivity index (χ1n) is 21.0. The van der Waals surface area contributed by atoms with E-state index in [4.69, 9.17) is 0 Å². The monoisotopic (exact) mass is 631 g/mol. The van der Waals surface area contributed by atoms with E-state index in [1.54, 1.807) is 0 Å². The van der Waals surface area contributed by atoms with E-state index in [0.717, 1.165) is 12.8 Å². The maximum atomic E-state index is 2.39. The van der Waals surface area contributed by atoms with Crippen molar-refractivity contribution in [2.45, 2.75) is 219 Å². The summed E-state index contributed by atoms with van der Waals surface area (Å²) in [6, 6.07) is 19.1. The summed E-state index contributed by atoms with van der Waals surface area (Å²) in [5, 5.41) is 0. The minimum atomic E-state index is 1.15. The molecular formula is C46H78. The maximum Gasteiger partial charge on any atom is -0.0238 e. The Labute approximate surface area is 289 Å². The van der Waals surface area contributed by atoms with Crippen molar-refractivity contribution < 1.29 is 0 Å². The summed E-state index contributed by atoms with van der Waals surface area (Å²) >= 11 is 0. The number of hydrogen-bond acceptors (Lipinski definition) is 0. The molecule has 0 bridgehead atoms. The molecule has 2 aromatic carbocycles. The lowest BCUT2D eigenvalue weighted by Crippen LogP contribution is -1.94. The van der Waals surface area contributed by atoms with Gasteiger partial charge in [-0.2, -0.15) is 0 Å². The fourth-order valence-corrected chi connectivity index (χ4v) is 7.08. The van der Waals surface area contributed by atoms with Crippen LogP contribution < -0.4 is 0 Å². The zero-order chi connectivity index (χ0) is 32.6. The second-order valence-corrected chi connectivity index (χ2v) is 14.8. The van der Waals surface area contributed by atoms with Gasteiger partial charge in [-0.05, 0) is 60.8 Å². The molecule has 2 rings (SSSR count). The highest BCUT2D eigenvalue weighted by Gasteiger charge is 2.01. The van der Waals surface area contributed by atoms with Crippen LogP contribution in [0.25, 0.3) is 0 Å². The van der Waals surface area contributed by atoms with E-state index in [2.05, 4.69) is 62.4 Å². The van der Waals surface area contributed by atoms with E-state index >= 15 is 0 Å². The first kappa shape index (κ1) is 40.6. The van der Waals surface area contributed by atoms with E-state index < -0.39 is 0 Å². The highest BCUT2D eigenvalue weighted by atomic mass is 14.1. The minimum Gasteiger partial charge on any atom is -0.0654 e. The van der Waals surface area contributed by atoms with Gasteiger partial charge in [-0.3, -0.25) is 0 Å². The molecule has 0 N–H and O–H groups in total. The van der Waals surface area contributed by atoms with E-state index in [1.807, 2.05) is 0 Å². The molecule has 0 radical (unpaired) electrons. The van der Waals surface area contributed by atoms with Crippen molar-refractivity contribution in [2.75, 3.05) is 0 Å². The lowest BCUT2D eigenvalue weighted by molar-refractivity contribution is 0.535. The summed E-state index contributed by atoms with van der Waals surface area (Å²) in [4.78, 5) is 0. The second-order valence-electron chi connectivity index (χ2n) is 14.8. The van der Waals surface area contributed by atoms with Gasteiger partial charge in [0.15, 0.2) is 0 Å². The number of benzene rings is 2. The van der Waals surface area contributed by atoms with Gasteiger partial charge < -0.3 is 0 Å². The van der Waals surface area contributed by atoms with Crippen molar-refractivity contribution in [1.82, 2.24) is 0 Å². The van der Waals surface area contributed by atoms with E-state index in [9.17, 15) is 0 Å². The van der Waals surface area contributed by atoms with E-state index in [-0.39, 0.29) is 0 Å². The Morgan fingerprint density at radius 1 is 0.217 bits per heavy atom. The third kappa shape index (κ3) is 23.7. The Morgan fingerprint density at radius 3 is 0.609 bits per heavy atom. The van der Waals surface area contributed by atoms with Crippen LogP contribution in [0.5, 0.6) is 0 Å². The van der Waals surface area contributed by atoms with Crippen molar-refractivity contribution in [3.63, 3.8) is 0 Å². The van der Waals surface area contributed by atoms with Crippen LogP contribution in [0, 0.1) is 0 Å². The van der Waals surface area contributed by atoms with Crippen molar-refractivity contribution >= 4 is 0 Å². The molecule has 46 heavy (non-hydrogen) atoms. The van der Waals surface area contributed by atoms with Crippen molar-refractivity contribution in [3.05, 3.63) is 70.8 Å². The molecule has 0 spiro atoms. The topological polar surface area (TPSA) is 0 Å². The van der Waals surface area contributed by atoms with Crippen molar-refractivity contribution in [3.8, 4) is 0 Å². The third-order valence-electron chi connectivity index (χ3n) is 10.4. The van der Waals surface area contributed by atoms with Gasteiger partial charge in [-0.1, -0.05) is 229 Å². The molecule has 0 atom stereocenters. The summed E-state index contributed by atoms with van der Waals surface area (Å²) in [5.41, 5.74) is 6.01. The Hall–Kier alpha value is -1.56. The normalized spacial score (nSPS) is 11.4. The molecule has 0 saturated carbocycles. The van der Waals surface area contributed by atoms with Gasteiger partial charge in [0, 0.05) is 0 Å². The molecule has 0 aliphatic carbocycles. The standard InChI is InChI=1S/C46H78/c1-3-5-7-9-11-13-15-17-19-21-23-25-27-29-31-43-33-37-45(38-34-43)41-42-46-39-35-44(36-40-46)32-30-28-26-24-22-20-18-16-14-12-10-8-6-4-2/h33-40H,3-32,41-42H2,1-2H3. The van der Waals surface area contributed by atoms with Gasteiger partial charge in [0.05, 0.1) is 0 Å². The molecule has 0 heteroatoms. The number of unbranched alkanes of at least 4 members (excludes halogenated alkanes) is 26. The lowest BCUT2D eigenvalue weighted by Gasteiger charge is -2.07. The molecule has 0 unspecified atom stereocenters. The summed E-state index contributed by atoms with van der Waals surface area (Å²) in [5.74, 6) is 0. The largest absolute Gasteiger partial charge is 0.0654 e.